The SMILES string of the molecule is N#Cc1c(I)c(C(=O)O)c(I)c(C(=O)N(CC(O)CO)CC(O)CO)c1I. The molecular formula is C15H15I3N2O7. The summed E-state index contributed by atoms with van der Waals surface area (Å²) in [5.41, 5.74) is -0.217. The Hall–Kier alpha value is -0.320. The van der Waals surface area contributed by atoms with Crippen molar-refractivity contribution in [2.24, 2.45) is 0 Å². The van der Waals surface area contributed by atoms with Gasteiger partial charge in [-0.2, -0.15) is 5.26 Å². The molecule has 1 aromatic rings. The number of carboxylic acid groups (broad SMARTS) is 1. The number of amides is 1. The van der Waals surface area contributed by atoms with Crippen molar-refractivity contribution in [2.75, 3.05) is 26.3 Å². The topological polar surface area (TPSA) is 162 Å². The fourth-order valence-electron chi connectivity index (χ4n) is 2.16. The molecule has 0 aliphatic rings. The van der Waals surface area contributed by atoms with Crippen LogP contribution >= 0.6 is 67.8 Å². The third-order valence-corrected chi connectivity index (χ3v) is 6.66. The van der Waals surface area contributed by atoms with Crippen LogP contribution in [0.3, 0.4) is 0 Å². The van der Waals surface area contributed by atoms with Gasteiger partial charge in [0.05, 0.1) is 42.1 Å². The molecule has 0 aliphatic carbocycles. The van der Waals surface area contributed by atoms with E-state index in [1.165, 1.54) is 0 Å². The minimum Gasteiger partial charge on any atom is -0.478 e. The molecule has 2 unspecified atom stereocenters. The molecule has 1 aromatic carbocycles. The number of nitriles is 1. The molecule has 9 nitrogen and oxygen atoms in total. The lowest BCUT2D eigenvalue weighted by Crippen LogP contribution is -2.44. The second-order valence-electron chi connectivity index (χ2n) is 5.37. The van der Waals surface area contributed by atoms with Crippen LogP contribution in [-0.4, -0.2) is 80.8 Å². The Labute approximate surface area is 195 Å². The Balaban J connectivity index is 3.59. The molecule has 148 valence electrons. The van der Waals surface area contributed by atoms with E-state index in [0.717, 1.165) is 4.90 Å². The molecule has 5 N–H and O–H groups in total. The molecule has 1 amide bonds. The highest BCUT2D eigenvalue weighted by atomic mass is 127. The minimum atomic E-state index is -1.30. The average Bonchev–Trinajstić information content (AvgIpc) is 2.60. The van der Waals surface area contributed by atoms with Crippen LogP contribution in [0.4, 0.5) is 0 Å². The molecule has 2 atom stereocenters. The van der Waals surface area contributed by atoms with E-state index in [9.17, 15) is 30.2 Å². The molecule has 0 aromatic heterocycles. The Morgan fingerprint density at radius 2 is 1.41 bits per heavy atom. The zero-order chi connectivity index (χ0) is 20.9. The minimum absolute atomic E-state index is 0.0303. The highest BCUT2D eigenvalue weighted by molar-refractivity contribution is 14.1. The summed E-state index contributed by atoms with van der Waals surface area (Å²) in [7, 11) is 0. The maximum atomic E-state index is 13.1. The first-order valence-electron chi connectivity index (χ1n) is 7.31. The number of carbonyl (C=O) groups is 2. The number of hydrogen-bond acceptors (Lipinski definition) is 7. The van der Waals surface area contributed by atoms with Crippen LogP contribution in [0.2, 0.25) is 0 Å². The summed E-state index contributed by atoms with van der Waals surface area (Å²) in [5.74, 6) is -2.04. The average molecular weight is 716 g/mol. The van der Waals surface area contributed by atoms with Gasteiger partial charge in [-0.25, -0.2) is 4.79 Å². The quantitative estimate of drug-likeness (QED) is 0.239. The van der Waals surface area contributed by atoms with Crippen molar-refractivity contribution in [3.05, 3.63) is 27.4 Å². The van der Waals surface area contributed by atoms with Gasteiger partial charge < -0.3 is 30.4 Å². The summed E-state index contributed by atoms with van der Waals surface area (Å²) in [6.07, 6.45) is -2.60. The highest BCUT2D eigenvalue weighted by Gasteiger charge is 2.31. The molecule has 0 saturated heterocycles. The molecule has 1 rings (SSSR count). The van der Waals surface area contributed by atoms with Crippen molar-refractivity contribution in [1.29, 1.82) is 5.26 Å². The first-order chi connectivity index (χ1) is 12.6. The van der Waals surface area contributed by atoms with Crippen LogP contribution in [0.5, 0.6) is 0 Å². The number of aliphatic hydroxyl groups is 4. The Morgan fingerprint density at radius 1 is 0.963 bits per heavy atom. The standard InChI is InChI=1S/C15H15I3N2O7/c16-11-8(1-19)12(17)10(15(26)27)13(18)9(11)14(25)20(2-6(23)4-21)3-7(24)5-22/h6-7,21-24H,2-5H2,(H,26,27). The van der Waals surface area contributed by atoms with Crippen LogP contribution in [-0.2, 0) is 0 Å². The number of hydrogen-bond donors (Lipinski definition) is 5. The fourth-order valence-corrected chi connectivity index (χ4v) is 6.49. The fraction of sp³-hybridized carbons (Fsp3) is 0.400. The lowest BCUT2D eigenvalue weighted by molar-refractivity contribution is 0.0208. The zero-order valence-electron chi connectivity index (χ0n) is 13.6. The first kappa shape index (κ1) is 24.7. The van der Waals surface area contributed by atoms with E-state index >= 15 is 0 Å². The highest BCUT2D eigenvalue weighted by Crippen LogP contribution is 2.32. The first-order valence-corrected chi connectivity index (χ1v) is 10.5. The maximum absolute atomic E-state index is 13.1. The number of carboxylic acids is 1. The van der Waals surface area contributed by atoms with E-state index in [0.29, 0.717) is 0 Å². The molecular weight excluding hydrogens is 701 g/mol. The van der Waals surface area contributed by atoms with E-state index in [2.05, 4.69) is 0 Å². The third-order valence-electron chi connectivity index (χ3n) is 3.43. The largest absolute Gasteiger partial charge is 0.478 e. The number of aliphatic hydroxyl groups excluding tert-OH is 4. The Morgan fingerprint density at radius 3 is 1.78 bits per heavy atom. The van der Waals surface area contributed by atoms with Gasteiger partial charge in [0.2, 0.25) is 0 Å². The summed E-state index contributed by atoms with van der Waals surface area (Å²) < 4.78 is 0.547. The summed E-state index contributed by atoms with van der Waals surface area (Å²) in [6.45, 7) is -1.98. The predicted octanol–water partition coefficient (Wildman–Crippen LogP) is 0.219. The van der Waals surface area contributed by atoms with E-state index in [1.807, 2.05) is 6.07 Å². The second kappa shape index (κ2) is 11.0. The summed E-state index contributed by atoms with van der Waals surface area (Å²) in [4.78, 5) is 25.7. The molecule has 0 radical (unpaired) electrons. The second-order valence-corrected chi connectivity index (χ2v) is 8.60. The van der Waals surface area contributed by atoms with Gasteiger partial charge in [-0.15, -0.1) is 0 Å². The normalized spacial score (nSPS) is 13.0. The lowest BCUT2D eigenvalue weighted by atomic mass is 10.0. The Bertz CT molecular complexity index is 770. The van der Waals surface area contributed by atoms with Gasteiger partial charge in [0.1, 0.15) is 6.07 Å². The monoisotopic (exact) mass is 716 g/mol. The smallest absolute Gasteiger partial charge is 0.337 e. The van der Waals surface area contributed by atoms with Crippen molar-refractivity contribution in [3.63, 3.8) is 0 Å². The van der Waals surface area contributed by atoms with Crippen LogP contribution < -0.4 is 0 Å². The summed E-state index contributed by atoms with van der Waals surface area (Å²) in [6, 6.07) is 1.89. The molecule has 0 fully saturated rings. The van der Waals surface area contributed by atoms with Gasteiger partial charge in [0, 0.05) is 23.8 Å². The van der Waals surface area contributed by atoms with Crippen LogP contribution in [0, 0.1) is 22.0 Å². The molecule has 0 saturated carbocycles. The van der Waals surface area contributed by atoms with Crippen LogP contribution in [0.15, 0.2) is 0 Å². The van der Waals surface area contributed by atoms with Gasteiger partial charge in [-0.3, -0.25) is 4.79 Å². The number of halogens is 3. The van der Waals surface area contributed by atoms with Gasteiger partial charge >= 0.3 is 5.97 Å². The van der Waals surface area contributed by atoms with Crippen molar-refractivity contribution in [1.82, 2.24) is 4.90 Å². The summed E-state index contributed by atoms with van der Waals surface area (Å²) >= 11 is 5.21. The van der Waals surface area contributed by atoms with E-state index in [-0.39, 0.29) is 40.5 Å². The molecule has 0 spiro atoms. The van der Waals surface area contributed by atoms with Gasteiger partial charge in [-0.1, -0.05) is 0 Å². The van der Waals surface area contributed by atoms with E-state index in [4.69, 9.17) is 10.2 Å². The lowest BCUT2D eigenvalue weighted by Gasteiger charge is -2.28. The predicted molar refractivity (Wildman–Crippen MR) is 118 cm³/mol. The van der Waals surface area contributed by atoms with Crippen LogP contribution in [0.1, 0.15) is 26.3 Å². The molecule has 0 aliphatic heterocycles. The third kappa shape index (κ3) is 5.83. The zero-order valence-corrected chi connectivity index (χ0v) is 20.0. The van der Waals surface area contributed by atoms with Crippen molar-refractivity contribution < 1.29 is 35.1 Å². The molecule has 0 heterocycles. The molecule has 0 bridgehead atoms. The van der Waals surface area contributed by atoms with E-state index < -0.39 is 37.3 Å². The number of benzene rings is 1. The van der Waals surface area contributed by atoms with Crippen LogP contribution in [0.25, 0.3) is 0 Å². The maximum Gasteiger partial charge on any atom is 0.337 e. The number of rotatable bonds is 8. The number of nitrogens with zero attached hydrogens (tertiary/aromatic N) is 2. The van der Waals surface area contributed by atoms with Gasteiger partial charge in [0.15, 0.2) is 0 Å². The van der Waals surface area contributed by atoms with Gasteiger partial charge in [0.25, 0.3) is 5.91 Å². The van der Waals surface area contributed by atoms with Crippen molar-refractivity contribution in [3.8, 4) is 6.07 Å². The van der Waals surface area contributed by atoms with Gasteiger partial charge in [-0.05, 0) is 67.8 Å². The van der Waals surface area contributed by atoms with E-state index in [1.54, 1.807) is 67.8 Å². The summed E-state index contributed by atoms with van der Waals surface area (Å²) in [5, 5.41) is 56.3. The van der Waals surface area contributed by atoms with Crippen molar-refractivity contribution >= 4 is 79.6 Å². The van der Waals surface area contributed by atoms with Crippen molar-refractivity contribution in [2.45, 2.75) is 12.2 Å². The Kier molecular flexibility index (Phi) is 10.1. The molecule has 27 heavy (non-hydrogen) atoms. The number of carbonyl (C=O) groups excluding carboxylic acids is 1. The number of aromatic carboxylic acids is 1. The molecule has 12 heteroatoms.